The number of hydrogen-bond acceptors (Lipinski definition) is 1. The molecule has 0 unspecified atom stereocenters. The van der Waals surface area contributed by atoms with Gasteiger partial charge in [0.15, 0.2) is 0 Å². The lowest BCUT2D eigenvalue weighted by Crippen LogP contribution is -2.50. The van der Waals surface area contributed by atoms with Crippen molar-refractivity contribution in [3.8, 4) is 0 Å². The average Bonchev–Trinajstić information content (AvgIpc) is 3.17. The van der Waals surface area contributed by atoms with Crippen LogP contribution in [0.3, 0.4) is 0 Å². The van der Waals surface area contributed by atoms with Crippen molar-refractivity contribution in [1.82, 2.24) is 0 Å². The monoisotopic (exact) mass is 446 g/mol. The number of aliphatic hydroxyl groups excluding tert-OH is 1. The topological polar surface area (TPSA) is 20.2 Å². The molecule has 1 heteroatoms. The van der Waals surface area contributed by atoms with Crippen molar-refractivity contribution in [3.05, 3.63) is 53.6 Å². The lowest BCUT2D eigenvalue weighted by Gasteiger charge is -2.58. The molecule has 4 aliphatic rings. The normalized spacial score (nSPS) is 41.5. The van der Waals surface area contributed by atoms with Gasteiger partial charge in [-0.2, -0.15) is 0 Å². The molecule has 4 aliphatic carbocycles. The van der Waals surface area contributed by atoms with Gasteiger partial charge in [-0.05, 0) is 123 Å². The first-order valence-corrected chi connectivity index (χ1v) is 13.9. The summed E-state index contributed by atoms with van der Waals surface area (Å²) >= 11 is 0. The van der Waals surface area contributed by atoms with Crippen LogP contribution in [-0.4, -0.2) is 11.2 Å². The molecule has 0 radical (unpaired) electrons. The van der Waals surface area contributed by atoms with E-state index in [4.69, 9.17) is 0 Å². The van der Waals surface area contributed by atoms with Gasteiger partial charge in [-0.1, -0.05) is 68.8 Å². The largest absolute Gasteiger partial charge is 0.393 e. The Bertz CT molecular complexity index is 896. The van der Waals surface area contributed by atoms with Gasteiger partial charge in [0.25, 0.3) is 0 Å². The minimum absolute atomic E-state index is 0.0916. The van der Waals surface area contributed by atoms with E-state index in [-0.39, 0.29) is 6.10 Å². The van der Waals surface area contributed by atoms with E-state index >= 15 is 0 Å². The highest BCUT2D eigenvalue weighted by Crippen LogP contribution is 2.67. The van der Waals surface area contributed by atoms with Gasteiger partial charge in [0.2, 0.25) is 0 Å². The molecule has 0 aromatic heterocycles. The third kappa shape index (κ3) is 4.07. The zero-order valence-electron chi connectivity index (χ0n) is 21.5. The SMILES string of the molecule is C/C(=C\CC[C@H](C)[C@@H]1CC[C@@H]2[C@@H]3CC=C4C[C@@H](O)CC[C@]4(C)[C@@H]3CC[C@@]21C)c1ccccc1. The fourth-order valence-corrected chi connectivity index (χ4v) is 9.20. The summed E-state index contributed by atoms with van der Waals surface area (Å²) in [5.41, 5.74) is 5.30. The Morgan fingerprint density at radius 2 is 1.85 bits per heavy atom. The summed E-state index contributed by atoms with van der Waals surface area (Å²) in [7, 11) is 0. The molecule has 0 spiro atoms. The molecule has 0 amide bonds. The van der Waals surface area contributed by atoms with Crippen molar-refractivity contribution in [2.24, 2.45) is 40.4 Å². The van der Waals surface area contributed by atoms with E-state index in [1.165, 1.54) is 62.5 Å². The Hall–Kier alpha value is -1.34. The molecule has 1 aromatic rings. The zero-order chi connectivity index (χ0) is 23.2. The third-order valence-corrected chi connectivity index (χ3v) is 11.1. The van der Waals surface area contributed by atoms with E-state index in [0.29, 0.717) is 10.8 Å². The number of allylic oxidation sites excluding steroid dienone is 3. The maximum Gasteiger partial charge on any atom is 0.0577 e. The van der Waals surface area contributed by atoms with Crippen LogP contribution in [0, 0.1) is 40.4 Å². The van der Waals surface area contributed by atoms with Gasteiger partial charge >= 0.3 is 0 Å². The van der Waals surface area contributed by atoms with E-state index in [0.717, 1.165) is 42.4 Å². The summed E-state index contributed by atoms with van der Waals surface area (Å²) < 4.78 is 0. The summed E-state index contributed by atoms with van der Waals surface area (Å²) in [5.74, 6) is 4.34. The van der Waals surface area contributed by atoms with Gasteiger partial charge in [0.1, 0.15) is 0 Å². The Balaban J connectivity index is 1.26. The van der Waals surface area contributed by atoms with Gasteiger partial charge in [-0.25, -0.2) is 0 Å². The van der Waals surface area contributed by atoms with Crippen molar-refractivity contribution >= 4 is 5.57 Å². The quantitative estimate of drug-likeness (QED) is 0.450. The van der Waals surface area contributed by atoms with Crippen molar-refractivity contribution < 1.29 is 5.11 Å². The zero-order valence-corrected chi connectivity index (χ0v) is 21.5. The Kier molecular flexibility index (Phi) is 6.40. The van der Waals surface area contributed by atoms with Crippen molar-refractivity contribution in [2.75, 3.05) is 0 Å². The first-order chi connectivity index (χ1) is 15.8. The molecule has 180 valence electrons. The molecule has 3 fully saturated rings. The van der Waals surface area contributed by atoms with Crippen molar-refractivity contribution in [3.63, 3.8) is 0 Å². The number of aliphatic hydroxyl groups is 1. The Morgan fingerprint density at radius 1 is 1.06 bits per heavy atom. The summed E-state index contributed by atoms with van der Waals surface area (Å²) in [6.45, 7) is 10.1. The summed E-state index contributed by atoms with van der Waals surface area (Å²) in [5, 5.41) is 10.3. The van der Waals surface area contributed by atoms with Gasteiger partial charge in [-0.3, -0.25) is 0 Å². The summed E-state index contributed by atoms with van der Waals surface area (Å²) in [4.78, 5) is 0. The number of hydrogen-bond donors (Lipinski definition) is 1. The maximum atomic E-state index is 10.3. The van der Waals surface area contributed by atoms with Crippen molar-refractivity contribution in [1.29, 1.82) is 0 Å². The number of fused-ring (bicyclic) bond motifs is 5. The first kappa shape index (κ1) is 23.4. The maximum absolute atomic E-state index is 10.3. The van der Waals surface area contributed by atoms with Crippen LogP contribution in [0.15, 0.2) is 48.1 Å². The molecule has 1 nitrogen and oxygen atoms in total. The van der Waals surface area contributed by atoms with Crippen LogP contribution >= 0.6 is 0 Å². The van der Waals surface area contributed by atoms with Crippen LogP contribution < -0.4 is 0 Å². The molecule has 0 aliphatic heterocycles. The molecular weight excluding hydrogens is 400 g/mol. The van der Waals surface area contributed by atoms with Crippen LogP contribution in [0.2, 0.25) is 0 Å². The Morgan fingerprint density at radius 3 is 2.64 bits per heavy atom. The molecule has 8 atom stereocenters. The highest BCUT2D eigenvalue weighted by Gasteiger charge is 2.59. The summed E-state index contributed by atoms with van der Waals surface area (Å²) in [6, 6.07) is 10.8. The summed E-state index contributed by atoms with van der Waals surface area (Å²) in [6.07, 6.45) is 17.7. The van der Waals surface area contributed by atoms with E-state index in [1.807, 2.05) is 0 Å². The van der Waals surface area contributed by atoms with Gasteiger partial charge in [0.05, 0.1) is 6.10 Å². The minimum atomic E-state index is -0.0916. The Labute approximate surface area is 202 Å². The lowest BCUT2D eigenvalue weighted by atomic mass is 9.47. The van der Waals surface area contributed by atoms with Crippen LogP contribution in [-0.2, 0) is 0 Å². The second-order valence-corrected chi connectivity index (χ2v) is 12.7. The molecule has 33 heavy (non-hydrogen) atoms. The average molecular weight is 447 g/mol. The van der Waals surface area contributed by atoms with E-state index in [9.17, 15) is 5.11 Å². The fraction of sp³-hybridized carbons (Fsp3) is 0.688. The van der Waals surface area contributed by atoms with E-state index in [2.05, 4.69) is 70.2 Å². The predicted octanol–water partition coefficient (Wildman–Crippen LogP) is 8.45. The predicted molar refractivity (Wildman–Crippen MR) is 140 cm³/mol. The van der Waals surface area contributed by atoms with Crippen LogP contribution in [0.1, 0.15) is 97.5 Å². The highest BCUT2D eigenvalue weighted by atomic mass is 16.3. The fourth-order valence-electron chi connectivity index (χ4n) is 9.20. The second kappa shape index (κ2) is 9.03. The molecule has 0 saturated heterocycles. The van der Waals surface area contributed by atoms with Gasteiger partial charge in [0, 0.05) is 0 Å². The molecule has 3 saturated carbocycles. The molecule has 5 rings (SSSR count). The number of benzene rings is 1. The highest BCUT2D eigenvalue weighted by molar-refractivity contribution is 5.63. The van der Waals surface area contributed by atoms with Crippen molar-refractivity contribution in [2.45, 2.75) is 98.0 Å². The molecule has 0 bridgehead atoms. The van der Waals surface area contributed by atoms with Crippen LogP contribution in [0.5, 0.6) is 0 Å². The van der Waals surface area contributed by atoms with Crippen LogP contribution in [0.25, 0.3) is 5.57 Å². The van der Waals surface area contributed by atoms with E-state index < -0.39 is 0 Å². The van der Waals surface area contributed by atoms with Gasteiger partial charge in [-0.15, -0.1) is 0 Å². The molecule has 0 heterocycles. The second-order valence-electron chi connectivity index (χ2n) is 12.7. The molecule has 1 aromatic carbocycles. The van der Waals surface area contributed by atoms with E-state index in [1.54, 1.807) is 5.57 Å². The standard InChI is InChI=1S/C32H46O/c1-22(24-11-6-5-7-12-24)9-8-10-23(2)28-15-16-29-27-14-13-25-21-26(33)17-19-31(25,3)30(27)18-20-32(28,29)4/h5-7,9,11-13,23,26-30,33H,8,10,14-21H2,1-4H3/b22-9+/t23-,26-,27-,28-,29+,30+,31-,32+/m0/s1. The number of rotatable bonds is 5. The minimum Gasteiger partial charge on any atom is -0.393 e. The molecule has 1 N–H and O–H groups in total. The lowest BCUT2D eigenvalue weighted by molar-refractivity contribution is -0.0570. The third-order valence-electron chi connectivity index (χ3n) is 11.1. The molecular formula is C32H46O. The smallest absolute Gasteiger partial charge is 0.0577 e. The first-order valence-electron chi connectivity index (χ1n) is 13.9. The van der Waals surface area contributed by atoms with Gasteiger partial charge < -0.3 is 5.11 Å². The van der Waals surface area contributed by atoms with Crippen LogP contribution in [0.4, 0.5) is 0 Å².